The van der Waals surface area contributed by atoms with Gasteiger partial charge >= 0.3 is 23.9 Å². The number of amides is 2. The number of fused-ring (bicyclic) bond motifs is 1. The zero-order valence-corrected chi connectivity index (χ0v) is 26.6. The summed E-state index contributed by atoms with van der Waals surface area (Å²) in [4.78, 5) is 68.7. The van der Waals surface area contributed by atoms with Gasteiger partial charge < -0.3 is 45.2 Å². The van der Waals surface area contributed by atoms with Crippen LogP contribution in [0.4, 0.5) is 5.69 Å². The largest absolute Gasteiger partial charge is 0.494 e. The number of rotatable bonds is 8. The number of nitrogens with one attached hydrogen (secondary N) is 1. The molecule has 0 atom stereocenters. The van der Waals surface area contributed by atoms with Crippen LogP contribution >= 0.6 is 0 Å². The molecule has 0 saturated carbocycles. The van der Waals surface area contributed by atoms with Crippen molar-refractivity contribution in [1.82, 2.24) is 15.1 Å². The standard InChI is InChI=1S/C29H38N4O3.2C2H2O4/c34-28-12-9-23-5-1-2-6-27(23)33(28)25-13-18-32(19-14-25)29(35)24-7-10-26(11-8-24)36-22-4-3-17-31-20-15-30-16-21-31;2*3-1(4)2(5)6/h1-2,5-8,10-11,25,30H,3-4,9,12-22H2;2*(H,3,4)(H,5,6). The van der Waals surface area contributed by atoms with Gasteiger partial charge in [-0.2, -0.15) is 0 Å². The number of aryl methyl sites for hydroxylation is 1. The monoisotopic (exact) mass is 670 g/mol. The molecule has 0 spiro atoms. The Balaban J connectivity index is 0.000000446. The molecule has 2 fully saturated rings. The van der Waals surface area contributed by atoms with E-state index >= 15 is 0 Å². The minimum Gasteiger partial charge on any atom is -0.494 e. The van der Waals surface area contributed by atoms with Crippen LogP contribution in [-0.2, 0) is 30.4 Å². The molecule has 3 aliphatic heterocycles. The van der Waals surface area contributed by atoms with E-state index in [0.29, 0.717) is 31.7 Å². The summed E-state index contributed by atoms with van der Waals surface area (Å²) in [5.41, 5.74) is 2.99. The smallest absolute Gasteiger partial charge is 0.414 e. The number of para-hydroxylation sites is 1. The number of carboxylic acid groups (broad SMARTS) is 4. The number of carbonyl (C=O) groups is 6. The Morgan fingerprint density at radius 3 is 1.92 bits per heavy atom. The van der Waals surface area contributed by atoms with E-state index < -0.39 is 23.9 Å². The van der Waals surface area contributed by atoms with Crippen LogP contribution in [0.2, 0.25) is 0 Å². The SMILES string of the molecule is O=C(O)C(=O)O.O=C(O)C(=O)O.O=C(c1ccc(OCCCCN2CCNCC2)cc1)N1CCC(N2C(=O)CCc3ccccc32)CC1. The number of ether oxygens (including phenoxy) is 1. The van der Waals surface area contributed by atoms with Crippen LogP contribution < -0.4 is 15.0 Å². The molecule has 3 heterocycles. The summed E-state index contributed by atoms with van der Waals surface area (Å²) in [6.07, 6.45) is 5.17. The van der Waals surface area contributed by atoms with Crippen molar-refractivity contribution in [3.63, 3.8) is 0 Å². The van der Waals surface area contributed by atoms with Crippen molar-refractivity contribution in [3.8, 4) is 5.75 Å². The molecule has 2 amide bonds. The van der Waals surface area contributed by atoms with Crippen molar-refractivity contribution in [2.24, 2.45) is 0 Å². The molecular weight excluding hydrogens is 628 g/mol. The first kappa shape index (κ1) is 37.4. The van der Waals surface area contributed by atoms with Gasteiger partial charge in [-0.05, 0) is 74.5 Å². The molecule has 2 aromatic rings. The number of benzene rings is 2. The number of nitrogens with zero attached hydrogens (tertiary/aromatic N) is 3. The van der Waals surface area contributed by atoms with Gasteiger partial charge in [0, 0.05) is 63.0 Å². The van der Waals surface area contributed by atoms with Gasteiger partial charge in [-0.25, -0.2) is 19.2 Å². The molecule has 15 heteroatoms. The predicted molar refractivity (Wildman–Crippen MR) is 172 cm³/mol. The molecule has 2 saturated heterocycles. The highest BCUT2D eigenvalue weighted by Gasteiger charge is 2.33. The lowest BCUT2D eigenvalue weighted by molar-refractivity contribution is -0.159. The van der Waals surface area contributed by atoms with Gasteiger partial charge in [-0.15, -0.1) is 0 Å². The molecule has 3 aliphatic rings. The fourth-order valence-electron chi connectivity index (χ4n) is 5.62. The molecule has 5 rings (SSSR count). The lowest BCUT2D eigenvalue weighted by Gasteiger charge is -2.41. The van der Waals surface area contributed by atoms with Crippen molar-refractivity contribution in [2.75, 3.05) is 57.3 Å². The molecule has 0 aliphatic carbocycles. The maximum Gasteiger partial charge on any atom is 0.414 e. The van der Waals surface area contributed by atoms with E-state index in [0.717, 1.165) is 76.3 Å². The molecule has 5 N–H and O–H groups in total. The molecule has 0 unspecified atom stereocenters. The topological polar surface area (TPSA) is 214 Å². The number of anilines is 1. The fourth-order valence-corrected chi connectivity index (χ4v) is 5.62. The Morgan fingerprint density at radius 1 is 0.750 bits per heavy atom. The summed E-state index contributed by atoms with van der Waals surface area (Å²) >= 11 is 0. The van der Waals surface area contributed by atoms with E-state index in [2.05, 4.69) is 22.3 Å². The number of likely N-dealkylation sites (tertiary alicyclic amines) is 1. The van der Waals surface area contributed by atoms with Crippen molar-refractivity contribution in [1.29, 1.82) is 0 Å². The predicted octanol–water partition coefficient (Wildman–Crippen LogP) is 1.65. The summed E-state index contributed by atoms with van der Waals surface area (Å²) in [6.45, 7) is 7.62. The minimum absolute atomic E-state index is 0.0568. The van der Waals surface area contributed by atoms with Crippen LogP contribution in [0.3, 0.4) is 0 Å². The number of hydrogen-bond acceptors (Lipinski definition) is 9. The maximum absolute atomic E-state index is 13.1. The van der Waals surface area contributed by atoms with Crippen molar-refractivity contribution in [3.05, 3.63) is 59.7 Å². The Morgan fingerprint density at radius 2 is 1.33 bits per heavy atom. The summed E-state index contributed by atoms with van der Waals surface area (Å²) in [6, 6.07) is 15.9. The first-order valence-electron chi connectivity index (χ1n) is 15.8. The zero-order valence-electron chi connectivity index (χ0n) is 26.6. The Labute approximate surface area is 277 Å². The number of aliphatic carboxylic acids is 4. The highest BCUT2D eigenvalue weighted by atomic mass is 16.5. The second-order valence-electron chi connectivity index (χ2n) is 11.3. The quantitative estimate of drug-likeness (QED) is 0.200. The summed E-state index contributed by atoms with van der Waals surface area (Å²) < 4.78 is 5.90. The molecular formula is C33H42N4O11. The van der Waals surface area contributed by atoms with Gasteiger partial charge in [0.1, 0.15) is 5.75 Å². The number of hydrogen-bond donors (Lipinski definition) is 5. The molecule has 48 heavy (non-hydrogen) atoms. The third-order valence-electron chi connectivity index (χ3n) is 8.06. The first-order valence-corrected chi connectivity index (χ1v) is 15.8. The van der Waals surface area contributed by atoms with Gasteiger partial charge in [-0.3, -0.25) is 9.59 Å². The summed E-state index contributed by atoms with van der Waals surface area (Å²) in [5, 5.41) is 32.9. The third-order valence-corrected chi connectivity index (χ3v) is 8.06. The normalized spacial score (nSPS) is 16.3. The van der Waals surface area contributed by atoms with Crippen LogP contribution in [-0.4, -0.2) is 124 Å². The van der Waals surface area contributed by atoms with Gasteiger partial charge in [0.2, 0.25) is 5.91 Å². The van der Waals surface area contributed by atoms with Crippen LogP contribution in [0, 0.1) is 0 Å². The van der Waals surface area contributed by atoms with Gasteiger partial charge in [-0.1, -0.05) is 18.2 Å². The summed E-state index contributed by atoms with van der Waals surface area (Å²) in [5.74, 6) is -6.22. The van der Waals surface area contributed by atoms with Crippen LogP contribution in [0.15, 0.2) is 48.5 Å². The second kappa shape index (κ2) is 19.0. The molecule has 0 radical (unpaired) electrons. The Bertz CT molecular complexity index is 1370. The van der Waals surface area contributed by atoms with Crippen molar-refractivity contribution < 1.29 is 53.9 Å². The number of unbranched alkanes of at least 4 members (excludes halogenated alkanes) is 1. The average molecular weight is 671 g/mol. The number of piperidine rings is 1. The second-order valence-corrected chi connectivity index (χ2v) is 11.3. The lowest BCUT2D eigenvalue weighted by Crippen LogP contribution is -2.50. The van der Waals surface area contributed by atoms with E-state index in [9.17, 15) is 9.59 Å². The van der Waals surface area contributed by atoms with E-state index in [1.54, 1.807) is 0 Å². The van der Waals surface area contributed by atoms with E-state index in [-0.39, 0.29) is 17.9 Å². The minimum atomic E-state index is -1.82. The first-order chi connectivity index (χ1) is 23.0. The highest BCUT2D eigenvalue weighted by molar-refractivity contribution is 6.27. The highest BCUT2D eigenvalue weighted by Crippen LogP contribution is 2.32. The maximum atomic E-state index is 13.1. The molecule has 260 valence electrons. The van der Waals surface area contributed by atoms with Crippen LogP contribution in [0.1, 0.15) is 48.0 Å². The molecule has 2 aromatic carbocycles. The van der Waals surface area contributed by atoms with Gasteiger partial charge in [0.05, 0.1) is 6.61 Å². The molecule has 15 nitrogen and oxygen atoms in total. The molecule has 0 bridgehead atoms. The van der Waals surface area contributed by atoms with E-state index in [1.807, 2.05) is 46.2 Å². The van der Waals surface area contributed by atoms with Crippen LogP contribution in [0.5, 0.6) is 5.75 Å². The fraction of sp³-hybridized carbons (Fsp3) is 0.455. The van der Waals surface area contributed by atoms with E-state index in [1.165, 1.54) is 5.56 Å². The number of carbonyl (C=O) groups excluding carboxylic acids is 2. The Hall–Kier alpha value is -5.02. The third kappa shape index (κ3) is 11.7. The summed E-state index contributed by atoms with van der Waals surface area (Å²) in [7, 11) is 0. The average Bonchev–Trinajstić information content (AvgIpc) is 3.09. The Kier molecular flexibility index (Phi) is 14.8. The number of piperazine rings is 1. The molecule has 0 aromatic heterocycles. The number of carboxylic acids is 4. The lowest BCUT2D eigenvalue weighted by atomic mass is 9.95. The van der Waals surface area contributed by atoms with Crippen molar-refractivity contribution in [2.45, 2.75) is 44.6 Å². The van der Waals surface area contributed by atoms with E-state index in [4.69, 9.17) is 44.3 Å². The van der Waals surface area contributed by atoms with Crippen LogP contribution in [0.25, 0.3) is 0 Å². The van der Waals surface area contributed by atoms with Gasteiger partial charge in [0.25, 0.3) is 5.91 Å². The van der Waals surface area contributed by atoms with Gasteiger partial charge in [0.15, 0.2) is 0 Å². The van der Waals surface area contributed by atoms with Crippen molar-refractivity contribution >= 4 is 41.4 Å². The zero-order chi connectivity index (χ0) is 35.1.